The van der Waals surface area contributed by atoms with E-state index in [1.807, 2.05) is 45.0 Å². The van der Waals surface area contributed by atoms with Crippen molar-refractivity contribution in [1.82, 2.24) is 5.32 Å². The summed E-state index contributed by atoms with van der Waals surface area (Å²) in [6.45, 7) is 5.52. The number of nitrogens with zero attached hydrogens (tertiary/aromatic N) is 1. The highest BCUT2D eigenvalue weighted by Crippen LogP contribution is 2.24. The van der Waals surface area contributed by atoms with E-state index < -0.39 is 28.3 Å². The molecule has 0 aliphatic rings. The van der Waals surface area contributed by atoms with Gasteiger partial charge in [-0.1, -0.05) is 29.8 Å². The standard InChI is InChI=1S/C25H27FN2O4S/c1-18(2)32-23-6-4-5-20(15-23)16-27-25(29)17-28(22-11-7-19(3)8-12-22)33(30,31)24-13-9-21(26)10-14-24/h4-15,18H,16-17H2,1-3H3,(H,27,29). The Morgan fingerprint density at radius 1 is 1.03 bits per heavy atom. The average molecular weight is 471 g/mol. The van der Waals surface area contributed by atoms with E-state index in [0.29, 0.717) is 11.4 Å². The molecule has 0 heterocycles. The SMILES string of the molecule is Cc1ccc(N(CC(=O)NCc2cccc(OC(C)C)c2)S(=O)(=O)c2ccc(F)cc2)cc1. The predicted octanol–water partition coefficient (Wildman–Crippen LogP) is 4.43. The Hall–Kier alpha value is -3.39. The minimum absolute atomic E-state index is 0.0228. The fourth-order valence-electron chi connectivity index (χ4n) is 3.15. The molecular formula is C25H27FN2O4S. The van der Waals surface area contributed by atoms with Gasteiger partial charge >= 0.3 is 0 Å². The number of hydrogen-bond acceptors (Lipinski definition) is 4. The number of aryl methyl sites for hydroxylation is 1. The molecule has 174 valence electrons. The summed E-state index contributed by atoms with van der Waals surface area (Å²) in [5, 5.41) is 2.76. The third-order valence-electron chi connectivity index (χ3n) is 4.77. The molecule has 8 heteroatoms. The first-order valence-corrected chi connectivity index (χ1v) is 12.0. The van der Waals surface area contributed by atoms with E-state index in [2.05, 4.69) is 5.32 Å². The van der Waals surface area contributed by atoms with Gasteiger partial charge in [0, 0.05) is 6.54 Å². The predicted molar refractivity (Wildman–Crippen MR) is 126 cm³/mol. The lowest BCUT2D eigenvalue weighted by atomic mass is 10.2. The number of carbonyl (C=O) groups excluding carboxylic acids is 1. The van der Waals surface area contributed by atoms with E-state index in [1.54, 1.807) is 24.3 Å². The van der Waals surface area contributed by atoms with E-state index in [1.165, 1.54) is 12.1 Å². The summed E-state index contributed by atoms with van der Waals surface area (Å²) in [4.78, 5) is 12.7. The number of carbonyl (C=O) groups is 1. The summed E-state index contributed by atoms with van der Waals surface area (Å²) >= 11 is 0. The number of nitrogens with one attached hydrogen (secondary N) is 1. The first-order chi connectivity index (χ1) is 15.6. The first kappa shape index (κ1) is 24.3. The van der Waals surface area contributed by atoms with Crippen molar-refractivity contribution in [1.29, 1.82) is 0 Å². The molecule has 0 aromatic heterocycles. The van der Waals surface area contributed by atoms with Gasteiger partial charge in [0.2, 0.25) is 5.91 Å². The molecule has 0 atom stereocenters. The molecule has 0 radical (unpaired) electrons. The third-order valence-corrected chi connectivity index (χ3v) is 6.56. The van der Waals surface area contributed by atoms with Crippen molar-refractivity contribution < 1.29 is 22.3 Å². The molecule has 0 spiro atoms. The molecule has 6 nitrogen and oxygen atoms in total. The molecule has 0 unspecified atom stereocenters. The normalized spacial score (nSPS) is 11.3. The van der Waals surface area contributed by atoms with Gasteiger partial charge in [0.25, 0.3) is 10.0 Å². The highest BCUT2D eigenvalue weighted by Gasteiger charge is 2.27. The highest BCUT2D eigenvalue weighted by molar-refractivity contribution is 7.92. The van der Waals surface area contributed by atoms with Crippen LogP contribution < -0.4 is 14.4 Å². The summed E-state index contributed by atoms with van der Waals surface area (Å²) in [6, 6.07) is 18.7. The molecule has 0 bridgehead atoms. The second kappa shape index (κ2) is 10.5. The number of benzene rings is 3. The Bertz CT molecular complexity index is 1190. The summed E-state index contributed by atoms with van der Waals surface area (Å²) in [5.74, 6) is -0.328. The van der Waals surface area contributed by atoms with Gasteiger partial charge in [0.1, 0.15) is 18.1 Å². The number of amides is 1. The zero-order valence-electron chi connectivity index (χ0n) is 18.8. The second-order valence-corrected chi connectivity index (χ2v) is 9.75. The van der Waals surface area contributed by atoms with Crippen LogP contribution in [0.1, 0.15) is 25.0 Å². The van der Waals surface area contributed by atoms with E-state index in [9.17, 15) is 17.6 Å². The van der Waals surface area contributed by atoms with Crippen LogP contribution in [0.15, 0.2) is 77.7 Å². The second-order valence-electron chi connectivity index (χ2n) is 7.89. The lowest BCUT2D eigenvalue weighted by Gasteiger charge is -2.24. The molecule has 1 amide bonds. The molecular weight excluding hydrogens is 443 g/mol. The molecule has 33 heavy (non-hydrogen) atoms. The van der Waals surface area contributed by atoms with Gasteiger partial charge in [-0.15, -0.1) is 0 Å². The zero-order chi connectivity index (χ0) is 24.0. The fraction of sp³-hybridized carbons (Fsp3) is 0.240. The summed E-state index contributed by atoms with van der Waals surface area (Å²) in [7, 11) is -4.10. The van der Waals surface area contributed by atoms with Crippen LogP contribution in [0, 0.1) is 12.7 Å². The Balaban J connectivity index is 1.79. The average Bonchev–Trinajstić information content (AvgIpc) is 2.77. The van der Waals surface area contributed by atoms with Crippen LogP contribution in [0.25, 0.3) is 0 Å². The summed E-state index contributed by atoms with van der Waals surface area (Å²) in [6.07, 6.45) is 0.0228. The van der Waals surface area contributed by atoms with Gasteiger partial charge in [-0.3, -0.25) is 9.10 Å². The van der Waals surface area contributed by atoms with E-state index in [-0.39, 0.29) is 17.5 Å². The quantitative estimate of drug-likeness (QED) is 0.502. The van der Waals surface area contributed by atoms with Crippen molar-refractivity contribution in [3.8, 4) is 5.75 Å². The van der Waals surface area contributed by atoms with Crippen molar-refractivity contribution in [2.75, 3.05) is 10.8 Å². The number of sulfonamides is 1. The Morgan fingerprint density at radius 3 is 2.33 bits per heavy atom. The lowest BCUT2D eigenvalue weighted by Crippen LogP contribution is -2.40. The summed E-state index contributed by atoms with van der Waals surface area (Å²) < 4.78 is 46.6. The van der Waals surface area contributed by atoms with Crippen molar-refractivity contribution >= 4 is 21.6 Å². The Labute approximate surface area is 194 Å². The van der Waals surface area contributed by atoms with E-state index in [4.69, 9.17) is 4.74 Å². The van der Waals surface area contributed by atoms with Crippen LogP contribution in [0.4, 0.5) is 10.1 Å². The smallest absolute Gasteiger partial charge is 0.264 e. The fourth-order valence-corrected chi connectivity index (χ4v) is 4.57. The molecule has 3 aromatic rings. The van der Waals surface area contributed by atoms with Crippen LogP contribution in [-0.4, -0.2) is 27.0 Å². The number of halogens is 1. The van der Waals surface area contributed by atoms with Crippen molar-refractivity contribution in [2.45, 2.75) is 38.3 Å². The van der Waals surface area contributed by atoms with Crippen LogP contribution >= 0.6 is 0 Å². The Morgan fingerprint density at radius 2 is 1.70 bits per heavy atom. The van der Waals surface area contributed by atoms with Crippen LogP contribution in [0.3, 0.4) is 0 Å². The Kier molecular flexibility index (Phi) is 7.71. The number of hydrogen-bond donors (Lipinski definition) is 1. The molecule has 3 rings (SSSR count). The van der Waals surface area contributed by atoms with Crippen LogP contribution in [-0.2, 0) is 21.4 Å². The topological polar surface area (TPSA) is 75.7 Å². The molecule has 0 fully saturated rings. The molecule has 0 saturated carbocycles. The van der Waals surface area contributed by atoms with Gasteiger partial charge in [-0.25, -0.2) is 12.8 Å². The monoisotopic (exact) mass is 470 g/mol. The van der Waals surface area contributed by atoms with Gasteiger partial charge in [-0.2, -0.15) is 0 Å². The van der Waals surface area contributed by atoms with Gasteiger partial charge in [-0.05, 0) is 74.9 Å². The van der Waals surface area contributed by atoms with Crippen molar-refractivity contribution in [3.05, 3.63) is 89.7 Å². The summed E-state index contributed by atoms with van der Waals surface area (Å²) in [5.41, 5.74) is 2.11. The maximum absolute atomic E-state index is 13.3. The van der Waals surface area contributed by atoms with E-state index >= 15 is 0 Å². The molecule has 0 aliphatic heterocycles. The third kappa shape index (κ3) is 6.55. The minimum atomic E-state index is -4.10. The minimum Gasteiger partial charge on any atom is -0.491 e. The van der Waals surface area contributed by atoms with Crippen molar-refractivity contribution in [3.63, 3.8) is 0 Å². The van der Waals surface area contributed by atoms with Crippen molar-refractivity contribution in [2.24, 2.45) is 0 Å². The molecule has 3 aromatic carbocycles. The van der Waals surface area contributed by atoms with E-state index in [0.717, 1.165) is 27.6 Å². The lowest BCUT2D eigenvalue weighted by molar-refractivity contribution is -0.119. The van der Waals surface area contributed by atoms with Crippen LogP contribution in [0.2, 0.25) is 0 Å². The number of ether oxygens (including phenoxy) is 1. The number of anilines is 1. The van der Waals surface area contributed by atoms with Gasteiger partial charge in [0.15, 0.2) is 0 Å². The number of rotatable bonds is 9. The molecule has 0 saturated heterocycles. The zero-order valence-corrected chi connectivity index (χ0v) is 19.6. The maximum atomic E-state index is 13.3. The van der Waals surface area contributed by atoms with Gasteiger partial charge < -0.3 is 10.1 Å². The van der Waals surface area contributed by atoms with Crippen LogP contribution in [0.5, 0.6) is 5.75 Å². The first-order valence-electron chi connectivity index (χ1n) is 10.5. The largest absolute Gasteiger partial charge is 0.491 e. The molecule has 1 N–H and O–H groups in total. The maximum Gasteiger partial charge on any atom is 0.264 e. The highest BCUT2D eigenvalue weighted by atomic mass is 32.2. The van der Waals surface area contributed by atoms with Gasteiger partial charge in [0.05, 0.1) is 16.7 Å². The molecule has 0 aliphatic carbocycles.